The van der Waals surface area contributed by atoms with Gasteiger partial charge < -0.3 is 10.1 Å². The number of esters is 1. The molecule has 4 nitrogen and oxygen atoms in total. The van der Waals surface area contributed by atoms with Crippen LogP contribution in [0, 0.1) is 0 Å². The lowest BCUT2D eigenvalue weighted by molar-refractivity contribution is 0.0526. The summed E-state index contributed by atoms with van der Waals surface area (Å²) in [4.78, 5) is 16.1. The van der Waals surface area contributed by atoms with Crippen molar-refractivity contribution in [2.24, 2.45) is 0 Å². The Morgan fingerprint density at radius 2 is 1.74 bits per heavy atom. The second-order valence-corrected chi connectivity index (χ2v) is 6.26. The SMILES string of the molecule is CCOC(=O)c1ccc(-c2ccc(CCNCc3ccccc3)cc2)nc1. The molecule has 0 bridgehead atoms. The van der Waals surface area contributed by atoms with E-state index in [0.717, 1.165) is 30.8 Å². The molecule has 0 unspecified atom stereocenters. The van der Waals surface area contributed by atoms with Crippen LogP contribution in [-0.4, -0.2) is 24.1 Å². The molecule has 27 heavy (non-hydrogen) atoms. The van der Waals surface area contributed by atoms with Crippen molar-refractivity contribution < 1.29 is 9.53 Å². The van der Waals surface area contributed by atoms with Crippen LogP contribution < -0.4 is 5.32 Å². The number of ether oxygens (including phenoxy) is 1. The van der Waals surface area contributed by atoms with Gasteiger partial charge >= 0.3 is 5.97 Å². The van der Waals surface area contributed by atoms with Crippen LogP contribution in [0.4, 0.5) is 0 Å². The number of carbonyl (C=O) groups excluding carboxylic acids is 1. The first-order valence-corrected chi connectivity index (χ1v) is 9.23. The van der Waals surface area contributed by atoms with E-state index < -0.39 is 0 Å². The lowest BCUT2D eigenvalue weighted by Gasteiger charge is -2.07. The van der Waals surface area contributed by atoms with E-state index in [1.165, 1.54) is 11.1 Å². The van der Waals surface area contributed by atoms with Crippen LogP contribution in [-0.2, 0) is 17.7 Å². The van der Waals surface area contributed by atoms with Crippen molar-refractivity contribution in [3.63, 3.8) is 0 Å². The summed E-state index contributed by atoms with van der Waals surface area (Å²) in [6.45, 7) is 3.97. The molecule has 0 aliphatic heterocycles. The molecule has 0 fully saturated rings. The number of nitrogens with zero attached hydrogens (tertiary/aromatic N) is 1. The van der Waals surface area contributed by atoms with Crippen LogP contribution in [0.2, 0.25) is 0 Å². The molecule has 0 atom stereocenters. The highest BCUT2D eigenvalue weighted by atomic mass is 16.5. The molecule has 3 rings (SSSR count). The predicted molar refractivity (Wildman–Crippen MR) is 107 cm³/mol. The average Bonchev–Trinajstić information content (AvgIpc) is 2.73. The second kappa shape index (κ2) is 9.64. The summed E-state index contributed by atoms with van der Waals surface area (Å²) in [5.41, 5.74) is 4.93. The molecular formula is C23H24N2O2. The van der Waals surface area contributed by atoms with Gasteiger partial charge in [0.2, 0.25) is 0 Å². The highest BCUT2D eigenvalue weighted by Crippen LogP contribution is 2.18. The van der Waals surface area contributed by atoms with Crippen molar-refractivity contribution in [1.29, 1.82) is 0 Å². The van der Waals surface area contributed by atoms with Gasteiger partial charge in [-0.25, -0.2) is 4.79 Å². The van der Waals surface area contributed by atoms with Gasteiger partial charge in [-0.3, -0.25) is 4.98 Å². The standard InChI is InChI=1S/C23H24N2O2/c1-2-27-23(26)21-12-13-22(25-17-21)20-10-8-18(9-11-20)14-15-24-16-19-6-4-3-5-7-19/h3-13,17,24H,2,14-16H2,1H3. The van der Waals surface area contributed by atoms with E-state index >= 15 is 0 Å². The van der Waals surface area contributed by atoms with Crippen molar-refractivity contribution in [2.45, 2.75) is 19.9 Å². The van der Waals surface area contributed by atoms with Gasteiger partial charge in [-0.05, 0) is 43.1 Å². The molecule has 138 valence electrons. The third-order valence-electron chi connectivity index (χ3n) is 4.29. The first-order valence-electron chi connectivity index (χ1n) is 9.23. The van der Waals surface area contributed by atoms with E-state index in [0.29, 0.717) is 12.2 Å². The number of aromatic nitrogens is 1. The zero-order valence-corrected chi connectivity index (χ0v) is 15.5. The Morgan fingerprint density at radius 3 is 2.41 bits per heavy atom. The van der Waals surface area contributed by atoms with Gasteiger partial charge in [0.25, 0.3) is 0 Å². The topological polar surface area (TPSA) is 51.2 Å². The minimum absolute atomic E-state index is 0.338. The molecule has 0 radical (unpaired) electrons. The predicted octanol–water partition coefficient (Wildman–Crippen LogP) is 4.26. The van der Waals surface area contributed by atoms with Gasteiger partial charge in [0, 0.05) is 18.3 Å². The number of hydrogen-bond donors (Lipinski definition) is 1. The zero-order chi connectivity index (χ0) is 18.9. The minimum atomic E-state index is -0.338. The van der Waals surface area contributed by atoms with Crippen LogP contribution in [0.5, 0.6) is 0 Å². The average molecular weight is 360 g/mol. The smallest absolute Gasteiger partial charge is 0.339 e. The minimum Gasteiger partial charge on any atom is -0.462 e. The quantitative estimate of drug-likeness (QED) is 0.482. The largest absolute Gasteiger partial charge is 0.462 e. The number of nitrogens with one attached hydrogen (secondary N) is 1. The molecule has 0 saturated heterocycles. The van der Waals surface area contributed by atoms with Crippen molar-refractivity contribution >= 4 is 5.97 Å². The van der Waals surface area contributed by atoms with Crippen LogP contribution in [0.25, 0.3) is 11.3 Å². The number of rotatable bonds is 8. The van der Waals surface area contributed by atoms with Gasteiger partial charge in [0.05, 0.1) is 17.9 Å². The fourth-order valence-corrected chi connectivity index (χ4v) is 2.80. The van der Waals surface area contributed by atoms with E-state index in [2.05, 4.69) is 58.8 Å². The molecule has 1 N–H and O–H groups in total. The Labute approximate surface area is 160 Å². The van der Waals surface area contributed by atoms with Crippen LogP contribution in [0.1, 0.15) is 28.4 Å². The maximum atomic E-state index is 11.7. The molecule has 0 aliphatic carbocycles. The van der Waals surface area contributed by atoms with Crippen molar-refractivity contribution in [3.05, 3.63) is 89.6 Å². The third-order valence-corrected chi connectivity index (χ3v) is 4.29. The molecule has 1 aromatic heterocycles. The molecule has 4 heteroatoms. The Bertz CT molecular complexity index is 844. The normalized spacial score (nSPS) is 10.6. The molecular weight excluding hydrogens is 336 g/mol. The monoisotopic (exact) mass is 360 g/mol. The molecule has 1 heterocycles. The van der Waals surface area contributed by atoms with Gasteiger partial charge in [0.1, 0.15) is 0 Å². The summed E-state index contributed by atoms with van der Waals surface area (Å²) in [6, 6.07) is 22.4. The Kier molecular flexibility index (Phi) is 6.72. The van der Waals surface area contributed by atoms with Crippen molar-refractivity contribution in [3.8, 4) is 11.3 Å². The third kappa shape index (κ3) is 5.50. The molecule has 0 aliphatic rings. The number of benzene rings is 2. The van der Waals surface area contributed by atoms with Gasteiger partial charge in [-0.2, -0.15) is 0 Å². The first-order chi connectivity index (χ1) is 13.3. The fraction of sp³-hybridized carbons (Fsp3) is 0.217. The molecule has 2 aromatic carbocycles. The van der Waals surface area contributed by atoms with Crippen LogP contribution in [0.3, 0.4) is 0 Å². The Hall–Kier alpha value is -2.98. The zero-order valence-electron chi connectivity index (χ0n) is 15.5. The van der Waals surface area contributed by atoms with Gasteiger partial charge in [-0.15, -0.1) is 0 Å². The summed E-state index contributed by atoms with van der Waals surface area (Å²) >= 11 is 0. The van der Waals surface area contributed by atoms with Gasteiger partial charge in [0.15, 0.2) is 0 Å². The van der Waals surface area contributed by atoms with Crippen molar-refractivity contribution in [2.75, 3.05) is 13.2 Å². The van der Waals surface area contributed by atoms with Crippen LogP contribution in [0.15, 0.2) is 72.9 Å². The number of pyridine rings is 1. The van der Waals surface area contributed by atoms with E-state index in [1.54, 1.807) is 19.2 Å². The fourth-order valence-electron chi connectivity index (χ4n) is 2.80. The van der Waals surface area contributed by atoms with E-state index in [9.17, 15) is 4.79 Å². The molecule has 0 amide bonds. The van der Waals surface area contributed by atoms with E-state index in [1.807, 2.05) is 12.1 Å². The summed E-state index contributed by atoms with van der Waals surface area (Å²) in [5, 5.41) is 3.47. The van der Waals surface area contributed by atoms with Crippen molar-refractivity contribution in [1.82, 2.24) is 10.3 Å². The highest BCUT2D eigenvalue weighted by molar-refractivity contribution is 5.89. The lowest BCUT2D eigenvalue weighted by Crippen LogP contribution is -2.16. The Balaban J connectivity index is 1.51. The maximum Gasteiger partial charge on any atom is 0.339 e. The highest BCUT2D eigenvalue weighted by Gasteiger charge is 2.07. The molecule has 3 aromatic rings. The van der Waals surface area contributed by atoms with Gasteiger partial charge in [-0.1, -0.05) is 54.6 Å². The number of hydrogen-bond acceptors (Lipinski definition) is 4. The van der Waals surface area contributed by atoms with Crippen LogP contribution >= 0.6 is 0 Å². The van der Waals surface area contributed by atoms with E-state index in [4.69, 9.17) is 4.74 Å². The summed E-state index contributed by atoms with van der Waals surface area (Å²) in [5.74, 6) is -0.338. The van der Waals surface area contributed by atoms with E-state index in [-0.39, 0.29) is 5.97 Å². The second-order valence-electron chi connectivity index (χ2n) is 6.26. The first kappa shape index (κ1) is 18.8. The maximum absolute atomic E-state index is 11.7. The lowest BCUT2D eigenvalue weighted by atomic mass is 10.1. The summed E-state index contributed by atoms with van der Waals surface area (Å²) in [6.07, 6.45) is 2.54. The summed E-state index contributed by atoms with van der Waals surface area (Å²) < 4.78 is 4.98. The summed E-state index contributed by atoms with van der Waals surface area (Å²) in [7, 11) is 0. The molecule has 0 saturated carbocycles. The Morgan fingerprint density at radius 1 is 0.963 bits per heavy atom. The molecule has 0 spiro atoms. The number of carbonyl (C=O) groups is 1.